The van der Waals surface area contributed by atoms with Crippen molar-refractivity contribution in [3.63, 3.8) is 0 Å². The molecule has 2 aromatic rings. The summed E-state index contributed by atoms with van der Waals surface area (Å²) in [7, 11) is 0. The second-order valence-corrected chi connectivity index (χ2v) is 9.64. The number of benzene rings is 1. The molecule has 2 heterocycles. The fourth-order valence-corrected chi connectivity index (χ4v) is 4.39. The highest BCUT2D eigenvalue weighted by molar-refractivity contribution is 6.02. The van der Waals surface area contributed by atoms with Crippen molar-refractivity contribution in [3.8, 4) is 11.4 Å². The Hall–Kier alpha value is -2.80. The number of hydrogen-bond donors (Lipinski definition) is 2. The molecule has 0 fully saturated rings. The minimum Gasteiger partial charge on any atom is -0.342 e. The fraction of sp³-hybridized carbons (Fsp3) is 0.520. The van der Waals surface area contributed by atoms with Crippen LogP contribution in [0.2, 0.25) is 0 Å². The summed E-state index contributed by atoms with van der Waals surface area (Å²) in [6.45, 7) is 15.4. The molecular weight excluding hydrogens is 400 g/mol. The maximum absolute atomic E-state index is 13.6. The van der Waals surface area contributed by atoms with Crippen LogP contribution < -0.4 is 5.32 Å². The van der Waals surface area contributed by atoms with Gasteiger partial charge in [-0.25, -0.2) is 9.98 Å². The first-order valence-corrected chi connectivity index (χ1v) is 11.4. The molecular formula is C25H36N6O. The summed E-state index contributed by atoms with van der Waals surface area (Å²) in [6.07, 6.45) is 1.08. The van der Waals surface area contributed by atoms with Gasteiger partial charge in [-0.15, -0.1) is 0 Å². The van der Waals surface area contributed by atoms with E-state index in [-0.39, 0.29) is 23.2 Å². The van der Waals surface area contributed by atoms with Crippen LogP contribution in [0.5, 0.6) is 0 Å². The Labute approximate surface area is 191 Å². The first-order valence-electron chi connectivity index (χ1n) is 11.4. The molecule has 7 heteroatoms. The van der Waals surface area contributed by atoms with E-state index in [1.165, 1.54) is 0 Å². The number of fused-ring (bicyclic) bond motifs is 1. The van der Waals surface area contributed by atoms with Gasteiger partial charge in [0.25, 0.3) is 5.91 Å². The van der Waals surface area contributed by atoms with E-state index >= 15 is 0 Å². The Morgan fingerprint density at radius 3 is 2.50 bits per heavy atom. The molecule has 0 radical (unpaired) electrons. The summed E-state index contributed by atoms with van der Waals surface area (Å²) in [5.41, 5.74) is 2.93. The number of hydrogen-bond acceptors (Lipinski definition) is 4. The van der Waals surface area contributed by atoms with Crippen molar-refractivity contribution in [2.75, 3.05) is 13.1 Å². The van der Waals surface area contributed by atoms with E-state index in [1.54, 1.807) is 6.92 Å². The first-order chi connectivity index (χ1) is 15.1. The van der Waals surface area contributed by atoms with Crippen LogP contribution in [0.1, 0.15) is 64.1 Å². The Balaban J connectivity index is 2.01. The smallest absolute Gasteiger partial charge is 0.272 e. The molecule has 0 spiro atoms. The van der Waals surface area contributed by atoms with Crippen LogP contribution in [0.4, 0.5) is 0 Å². The van der Waals surface area contributed by atoms with Crippen LogP contribution in [0.3, 0.4) is 0 Å². The number of rotatable bonds is 6. The zero-order valence-corrected chi connectivity index (χ0v) is 20.2. The maximum Gasteiger partial charge on any atom is 0.272 e. The molecule has 7 nitrogen and oxygen atoms in total. The summed E-state index contributed by atoms with van der Waals surface area (Å²) in [5, 5.41) is 10.9. The van der Waals surface area contributed by atoms with Crippen molar-refractivity contribution in [3.05, 3.63) is 41.7 Å². The van der Waals surface area contributed by atoms with Gasteiger partial charge in [0.1, 0.15) is 11.7 Å². The highest BCUT2D eigenvalue weighted by Gasteiger charge is 2.33. The Kier molecular flexibility index (Phi) is 7.29. The van der Waals surface area contributed by atoms with Crippen molar-refractivity contribution >= 4 is 17.5 Å². The van der Waals surface area contributed by atoms with Gasteiger partial charge < -0.3 is 9.88 Å². The summed E-state index contributed by atoms with van der Waals surface area (Å²) in [5.74, 6) is 0.883. The lowest BCUT2D eigenvalue weighted by atomic mass is 9.84. The minimum absolute atomic E-state index is 0.189. The van der Waals surface area contributed by atoms with Crippen molar-refractivity contribution in [1.82, 2.24) is 19.8 Å². The average molecular weight is 437 g/mol. The van der Waals surface area contributed by atoms with Crippen molar-refractivity contribution < 1.29 is 4.79 Å². The molecule has 32 heavy (non-hydrogen) atoms. The average Bonchev–Trinajstić information content (AvgIpc) is 3.10. The number of amidine groups is 1. The number of carbonyl (C=O) groups is 1. The molecule has 2 N–H and O–H groups in total. The predicted molar refractivity (Wildman–Crippen MR) is 130 cm³/mol. The molecule has 1 unspecified atom stereocenters. The molecule has 0 aliphatic carbocycles. The number of nitrogens with zero attached hydrogens (tertiary/aromatic N) is 4. The van der Waals surface area contributed by atoms with Gasteiger partial charge in [0, 0.05) is 30.9 Å². The highest BCUT2D eigenvalue weighted by atomic mass is 16.2. The number of nitrogens with one attached hydrogen (secondary N) is 2. The third-order valence-corrected chi connectivity index (χ3v) is 5.78. The monoisotopic (exact) mass is 436 g/mol. The Morgan fingerprint density at radius 2 is 1.91 bits per heavy atom. The minimum atomic E-state index is -0.303. The normalized spacial score (nSPS) is 15.9. The van der Waals surface area contributed by atoms with Crippen LogP contribution in [0, 0.1) is 10.8 Å². The highest BCUT2D eigenvalue weighted by Crippen LogP contribution is 2.28. The van der Waals surface area contributed by atoms with Gasteiger partial charge in [0.15, 0.2) is 5.69 Å². The summed E-state index contributed by atoms with van der Waals surface area (Å²) < 4.78 is 2.20. The van der Waals surface area contributed by atoms with E-state index in [9.17, 15) is 4.79 Å². The second kappa shape index (κ2) is 9.77. The van der Waals surface area contributed by atoms with Crippen molar-refractivity contribution in [2.45, 2.75) is 67.1 Å². The van der Waals surface area contributed by atoms with Crippen molar-refractivity contribution in [2.24, 2.45) is 10.4 Å². The molecule has 0 saturated carbocycles. The van der Waals surface area contributed by atoms with E-state index < -0.39 is 0 Å². The predicted octanol–water partition coefficient (Wildman–Crippen LogP) is 4.38. The zero-order valence-electron chi connectivity index (χ0n) is 20.2. The van der Waals surface area contributed by atoms with E-state index in [4.69, 9.17) is 10.4 Å². The van der Waals surface area contributed by atoms with Crippen LogP contribution in [0.15, 0.2) is 35.3 Å². The number of aliphatic imine (C=N–C) groups is 1. The lowest BCUT2D eigenvalue weighted by Crippen LogP contribution is -2.49. The van der Waals surface area contributed by atoms with Gasteiger partial charge in [0.05, 0.1) is 11.7 Å². The van der Waals surface area contributed by atoms with E-state index in [0.29, 0.717) is 12.2 Å². The quantitative estimate of drug-likeness (QED) is 0.520. The number of amides is 1. The number of imidazole rings is 1. The molecule has 1 aromatic carbocycles. The lowest BCUT2D eigenvalue weighted by molar-refractivity contribution is 0.0916. The molecule has 1 atom stereocenters. The second-order valence-electron chi connectivity index (χ2n) is 9.64. The summed E-state index contributed by atoms with van der Waals surface area (Å²) >= 11 is 0. The number of carbonyl (C=O) groups excluding carboxylic acids is 1. The molecule has 1 aliphatic rings. The van der Waals surface area contributed by atoms with E-state index in [0.717, 1.165) is 48.8 Å². The van der Waals surface area contributed by atoms with E-state index in [2.05, 4.69) is 47.5 Å². The third kappa shape index (κ3) is 5.33. The summed E-state index contributed by atoms with van der Waals surface area (Å²) in [6, 6.07) is 9.76. The molecule has 1 amide bonds. The van der Waals surface area contributed by atoms with Gasteiger partial charge in [-0.05, 0) is 32.2 Å². The van der Waals surface area contributed by atoms with Crippen LogP contribution in [0.25, 0.3) is 11.4 Å². The van der Waals surface area contributed by atoms with Gasteiger partial charge in [-0.2, -0.15) is 0 Å². The third-order valence-electron chi connectivity index (χ3n) is 5.78. The zero-order chi connectivity index (χ0) is 23.5. The van der Waals surface area contributed by atoms with E-state index in [1.807, 2.05) is 37.3 Å². The first kappa shape index (κ1) is 23.9. The lowest BCUT2D eigenvalue weighted by Gasteiger charge is -2.32. The largest absolute Gasteiger partial charge is 0.342 e. The Morgan fingerprint density at radius 1 is 1.22 bits per heavy atom. The standard InChI is InChI=1S/C25H36N6O/c1-7-13-30-14-15-31-20(16-30)21(28-23(31)19-11-9-8-10-12-19)24(32)29-22(25(4,5)6)17(2)27-18(3)26/h8-12,22,26H,7,13-16H2,1-6H3,(H,29,32). The topological polar surface area (TPSA) is 86.4 Å². The fourth-order valence-electron chi connectivity index (χ4n) is 4.39. The molecule has 0 saturated heterocycles. The van der Waals surface area contributed by atoms with Gasteiger partial charge in [0.2, 0.25) is 0 Å². The van der Waals surface area contributed by atoms with Gasteiger partial charge in [-0.3, -0.25) is 15.1 Å². The van der Waals surface area contributed by atoms with Crippen LogP contribution in [-0.2, 0) is 13.1 Å². The van der Waals surface area contributed by atoms with Crippen molar-refractivity contribution in [1.29, 1.82) is 5.41 Å². The molecule has 1 aliphatic heterocycles. The maximum atomic E-state index is 13.6. The van der Waals surface area contributed by atoms with Gasteiger partial charge in [-0.1, -0.05) is 58.0 Å². The Bertz CT molecular complexity index is 999. The molecule has 172 valence electrons. The molecule has 1 aromatic heterocycles. The SMILES string of the molecule is CCCN1CCn2c(-c3ccccc3)nc(C(=O)NC(C(C)=NC(C)=N)C(C)(C)C)c2C1. The summed E-state index contributed by atoms with van der Waals surface area (Å²) in [4.78, 5) is 25.1. The van der Waals surface area contributed by atoms with Crippen LogP contribution in [-0.4, -0.2) is 51.0 Å². The van der Waals surface area contributed by atoms with Gasteiger partial charge >= 0.3 is 0 Å². The molecule has 3 rings (SSSR count). The number of aromatic nitrogens is 2. The van der Waals surface area contributed by atoms with Crippen LogP contribution >= 0.6 is 0 Å². The molecule has 0 bridgehead atoms.